The van der Waals surface area contributed by atoms with E-state index in [1.54, 1.807) is 13.8 Å². The number of fused-ring (bicyclic) bond motifs is 3. The Morgan fingerprint density at radius 1 is 0.676 bits per heavy atom. The van der Waals surface area contributed by atoms with E-state index in [0.717, 1.165) is 38.9 Å². The first kappa shape index (κ1) is 48.9. The van der Waals surface area contributed by atoms with Crippen molar-refractivity contribution in [2.45, 2.75) is 61.6 Å². The minimum absolute atomic E-state index is 0.00694. The van der Waals surface area contributed by atoms with Crippen LogP contribution in [0.5, 0.6) is 0 Å². The lowest BCUT2D eigenvalue weighted by Crippen LogP contribution is -2.58. The molecule has 0 aromatic heterocycles. The summed E-state index contributed by atoms with van der Waals surface area (Å²) >= 11 is 1.44. The number of hydrogen-bond acceptors (Lipinski definition) is 8. The summed E-state index contributed by atoms with van der Waals surface area (Å²) in [7, 11) is 0. The van der Waals surface area contributed by atoms with E-state index in [-0.39, 0.29) is 37.2 Å². The molecule has 4 atom stereocenters. The zero-order chi connectivity index (χ0) is 48.0. The van der Waals surface area contributed by atoms with Crippen molar-refractivity contribution in [2.75, 3.05) is 19.0 Å². The summed E-state index contributed by atoms with van der Waals surface area (Å²) in [6.45, 7) is 7.12. The number of benzene rings is 6. The Morgan fingerprint density at radius 2 is 1.18 bits per heavy atom. The predicted molar refractivity (Wildman–Crippen MR) is 264 cm³/mol. The average molecular weight is 934 g/mol. The van der Waals surface area contributed by atoms with E-state index in [4.69, 9.17) is 9.47 Å². The van der Waals surface area contributed by atoms with Gasteiger partial charge in [-0.05, 0) is 62.6 Å². The van der Waals surface area contributed by atoms with Crippen molar-refractivity contribution in [3.63, 3.8) is 0 Å². The Morgan fingerprint density at radius 3 is 1.69 bits per heavy atom. The maximum Gasteiger partial charge on any atom is 0.407 e. The molecule has 0 spiro atoms. The van der Waals surface area contributed by atoms with Gasteiger partial charge in [-0.3, -0.25) is 14.4 Å². The monoisotopic (exact) mass is 933 g/mol. The molecule has 10 nitrogen and oxygen atoms in total. The molecule has 0 heterocycles. The van der Waals surface area contributed by atoms with Crippen molar-refractivity contribution in [1.82, 2.24) is 16.0 Å². The zero-order valence-electron chi connectivity index (χ0n) is 38.1. The Bertz CT molecular complexity index is 2510. The van der Waals surface area contributed by atoms with Crippen molar-refractivity contribution in [3.8, 4) is 11.1 Å². The van der Waals surface area contributed by atoms with Gasteiger partial charge in [0.2, 0.25) is 11.8 Å². The number of carbonyl (C=O) groups is 4. The summed E-state index contributed by atoms with van der Waals surface area (Å²) in [5.41, 5.74) is 7.47. The summed E-state index contributed by atoms with van der Waals surface area (Å²) in [6, 6.07) is 47.6. The fourth-order valence-corrected chi connectivity index (χ4v) is 10.3. The molecule has 1 aliphatic carbocycles. The highest BCUT2D eigenvalue weighted by Gasteiger charge is 2.40. The molecule has 68 heavy (non-hydrogen) atoms. The quantitative estimate of drug-likeness (QED) is 0.0318. The van der Waals surface area contributed by atoms with E-state index in [2.05, 4.69) is 22.5 Å². The molecule has 1 aliphatic rings. The Labute approximate surface area is 401 Å². The smallest absolute Gasteiger partial charge is 0.407 e. The highest BCUT2D eigenvalue weighted by atomic mass is 32.2. The fourth-order valence-electron chi connectivity index (χ4n) is 8.76. The molecular weight excluding hydrogens is 878 g/mol. The van der Waals surface area contributed by atoms with Crippen LogP contribution in [0, 0.1) is 11.7 Å². The Balaban J connectivity index is 1.20. The molecular formula is C56H56FN3O7S. The molecule has 0 fully saturated rings. The van der Waals surface area contributed by atoms with Crippen LogP contribution in [0.25, 0.3) is 11.1 Å². The Kier molecular flexibility index (Phi) is 16.6. The second-order valence-electron chi connectivity index (χ2n) is 17.0. The number of rotatable bonds is 21. The lowest BCUT2D eigenvalue weighted by atomic mass is 9.84. The van der Waals surface area contributed by atoms with Gasteiger partial charge in [-0.2, -0.15) is 0 Å². The number of amides is 3. The van der Waals surface area contributed by atoms with Gasteiger partial charge in [0.25, 0.3) is 0 Å². The van der Waals surface area contributed by atoms with E-state index >= 15 is 0 Å². The maximum atomic E-state index is 14.8. The highest BCUT2D eigenvalue weighted by molar-refractivity contribution is 8.00. The number of carbonyl (C=O) groups excluding carboxylic acids is 4. The second-order valence-corrected chi connectivity index (χ2v) is 18.3. The zero-order valence-corrected chi connectivity index (χ0v) is 38.9. The minimum Gasteiger partial charge on any atom is -0.461 e. The molecule has 4 N–H and O–H groups in total. The van der Waals surface area contributed by atoms with Gasteiger partial charge in [-0.1, -0.05) is 178 Å². The maximum absolute atomic E-state index is 14.8. The van der Waals surface area contributed by atoms with E-state index in [1.165, 1.54) is 42.1 Å². The van der Waals surface area contributed by atoms with E-state index in [0.29, 0.717) is 5.56 Å². The standard InChI is InChI=1S/C56H56FN3O7S/c1-4-32-66-51(62)34-50(61)52(37(2)3)60-54(64)49(36-68-56(39-18-8-5-9-19-39,40-20-10-6-11-21-40)41-22-12-7-13-23-41)58-53(63)48(33-38-28-30-42(57)31-29-38)59-55(65)67-35-47-45-26-16-14-24-43(45)44-25-15-17-27-46(44)47/h4-31,37,47-50,52,61H,1,32-36H2,2-3H3,(H,58,63)(H,59,65)(H,60,64)/t48-,49-,50+,52-/m1/s1. The summed E-state index contributed by atoms with van der Waals surface area (Å²) in [6.07, 6.45) is -1.24. The van der Waals surface area contributed by atoms with E-state index in [1.807, 2.05) is 140 Å². The van der Waals surface area contributed by atoms with Gasteiger partial charge in [0.15, 0.2) is 0 Å². The van der Waals surface area contributed by atoms with Crippen LogP contribution in [0.1, 0.15) is 59.6 Å². The number of ether oxygens (including phenoxy) is 2. The normalized spacial score (nSPS) is 13.8. The van der Waals surface area contributed by atoms with Crippen LogP contribution in [-0.2, 0) is 35.0 Å². The third kappa shape index (κ3) is 11.7. The number of halogens is 1. The number of alkyl carbamates (subject to hydrolysis) is 1. The molecule has 7 rings (SSSR count). The van der Waals surface area contributed by atoms with Gasteiger partial charge in [0, 0.05) is 18.1 Å². The van der Waals surface area contributed by atoms with Gasteiger partial charge in [-0.15, -0.1) is 11.8 Å². The van der Waals surface area contributed by atoms with Crippen molar-refractivity contribution < 1.29 is 38.1 Å². The number of aliphatic hydroxyl groups excluding tert-OH is 1. The highest BCUT2D eigenvalue weighted by Crippen LogP contribution is 2.49. The Hall–Kier alpha value is -7.02. The summed E-state index contributed by atoms with van der Waals surface area (Å²) in [4.78, 5) is 56.1. The molecule has 0 unspecified atom stereocenters. The predicted octanol–water partition coefficient (Wildman–Crippen LogP) is 9.11. The van der Waals surface area contributed by atoms with Crippen LogP contribution in [0.15, 0.2) is 176 Å². The van der Waals surface area contributed by atoms with Crippen molar-refractivity contribution in [2.24, 2.45) is 5.92 Å². The van der Waals surface area contributed by atoms with Gasteiger partial charge >= 0.3 is 12.1 Å². The molecule has 6 aromatic carbocycles. The van der Waals surface area contributed by atoms with Crippen LogP contribution in [-0.4, -0.2) is 72.2 Å². The van der Waals surface area contributed by atoms with E-state index < -0.39 is 65.1 Å². The minimum atomic E-state index is -1.33. The number of aliphatic hydroxyl groups is 1. The summed E-state index contributed by atoms with van der Waals surface area (Å²) in [5.74, 6) is -3.08. The van der Waals surface area contributed by atoms with E-state index in [9.17, 15) is 28.7 Å². The summed E-state index contributed by atoms with van der Waals surface area (Å²) < 4.78 is 24.3. The van der Waals surface area contributed by atoms with Gasteiger partial charge in [0.05, 0.1) is 23.3 Å². The molecule has 0 radical (unpaired) electrons. The van der Waals surface area contributed by atoms with Crippen LogP contribution in [0.4, 0.5) is 9.18 Å². The van der Waals surface area contributed by atoms with Crippen LogP contribution in [0.2, 0.25) is 0 Å². The molecule has 0 saturated heterocycles. The second kappa shape index (κ2) is 23.1. The molecule has 3 amide bonds. The number of nitrogens with one attached hydrogen (secondary N) is 3. The van der Waals surface area contributed by atoms with Gasteiger partial charge in [-0.25, -0.2) is 9.18 Å². The molecule has 0 bridgehead atoms. The average Bonchev–Trinajstić information content (AvgIpc) is 3.68. The van der Waals surface area contributed by atoms with Crippen LogP contribution >= 0.6 is 11.8 Å². The number of hydrogen-bond donors (Lipinski definition) is 4. The largest absolute Gasteiger partial charge is 0.461 e. The first-order valence-electron chi connectivity index (χ1n) is 22.7. The fraction of sp³-hybridized carbons (Fsp3) is 0.250. The van der Waals surface area contributed by atoms with Crippen LogP contribution < -0.4 is 16.0 Å². The first-order valence-corrected chi connectivity index (χ1v) is 23.7. The molecule has 0 aliphatic heterocycles. The van der Waals surface area contributed by atoms with Crippen molar-refractivity contribution in [3.05, 3.63) is 216 Å². The van der Waals surface area contributed by atoms with Gasteiger partial charge < -0.3 is 30.5 Å². The molecule has 350 valence electrons. The topological polar surface area (TPSA) is 143 Å². The van der Waals surface area contributed by atoms with Gasteiger partial charge in [0.1, 0.15) is 31.1 Å². The lowest BCUT2D eigenvalue weighted by Gasteiger charge is -2.37. The molecule has 12 heteroatoms. The SMILES string of the molecule is C=CCOC(=O)C[C@H](O)[C@H](NC(=O)[C@@H](CSC(c1ccccc1)(c1ccccc1)c1ccccc1)NC(=O)[C@@H](Cc1ccc(F)cc1)NC(=O)OCC1c2ccccc2-c2ccccc21)C(C)C. The summed E-state index contributed by atoms with van der Waals surface area (Å²) in [5, 5.41) is 20.0. The lowest BCUT2D eigenvalue weighted by molar-refractivity contribution is -0.145. The number of thioether (sulfide) groups is 1. The first-order chi connectivity index (χ1) is 33.0. The third-order valence-electron chi connectivity index (χ3n) is 12.1. The number of esters is 1. The third-order valence-corrected chi connectivity index (χ3v) is 13.8. The van der Waals surface area contributed by atoms with Crippen molar-refractivity contribution in [1.29, 1.82) is 0 Å². The molecule has 6 aromatic rings. The molecule has 0 saturated carbocycles. The van der Waals surface area contributed by atoms with Crippen LogP contribution in [0.3, 0.4) is 0 Å². The van der Waals surface area contributed by atoms with Crippen molar-refractivity contribution >= 4 is 35.6 Å².